The maximum Gasteiger partial charge on any atom is 0.309 e. The van der Waals surface area contributed by atoms with Crippen LogP contribution in [-0.4, -0.2) is 22.3 Å². The summed E-state index contributed by atoms with van der Waals surface area (Å²) in [5, 5.41) is 10.9. The summed E-state index contributed by atoms with van der Waals surface area (Å²) in [5.74, 6) is -1.27. The summed E-state index contributed by atoms with van der Waals surface area (Å²) >= 11 is 2.70. The monoisotopic (exact) mass is 283 g/mol. The third kappa shape index (κ3) is 2.70. The van der Waals surface area contributed by atoms with E-state index in [2.05, 4.69) is 4.98 Å². The van der Waals surface area contributed by atoms with Crippen molar-refractivity contribution in [2.45, 2.75) is 11.3 Å². The maximum atomic E-state index is 13.8. The summed E-state index contributed by atoms with van der Waals surface area (Å²) in [6, 6.07) is 4.85. The molecule has 2 aromatic rings. The Morgan fingerprint density at radius 2 is 2.33 bits per heavy atom. The number of rotatable bonds is 4. The second-order valence-electron chi connectivity index (χ2n) is 3.53. The molecule has 0 saturated carbocycles. The van der Waals surface area contributed by atoms with E-state index in [9.17, 15) is 9.18 Å². The largest absolute Gasteiger partial charge is 0.481 e. The van der Waals surface area contributed by atoms with Gasteiger partial charge in [0.05, 0.1) is 17.7 Å². The third-order valence-electron chi connectivity index (χ3n) is 2.29. The van der Waals surface area contributed by atoms with Crippen molar-refractivity contribution < 1.29 is 14.3 Å². The number of thiazole rings is 1. The van der Waals surface area contributed by atoms with Gasteiger partial charge in [-0.3, -0.25) is 4.79 Å². The highest BCUT2D eigenvalue weighted by atomic mass is 32.2. The molecule has 0 atom stereocenters. The number of hydrogen-bond acceptors (Lipinski definition) is 4. The van der Waals surface area contributed by atoms with Crippen LogP contribution < -0.4 is 0 Å². The molecule has 0 amide bonds. The molecule has 0 saturated heterocycles. The molecule has 1 N–H and O–H groups in total. The van der Waals surface area contributed by atoms with Crippen molar-refractivity contribution in [2.75, 3.05) is 6.26 Å². The summed E-state index contributed by atoms with van der Waals surface area (Å²) in [5.41, 5.74) is 0.907. The van der Waals surface area contributed by atoms with Crippen molar-refractivity contribution >= 4 is 29.1 Å². The van der Waals surface area contributed by atoms with E-state index in [1.165, 1.54) is 29.2 Å². The van der Waals surface area contributed by atoms with Crippen LogP contribution in [0.1, 0.15) is 5.69 Å². The Morgan fingerprint density at radius 1 is 1.56 bits per heavy atom. The minimum atomic E-state index is -0.939. The van der Waals surface area contributed by atoms with Gasteiger partial charge < -0.3 is 5.11 Å². The summed E-state index contributed by atoms with van der Waals surface area (Å²) in [6.45, 7) is 0. The van der Waals surface area contributed by atoms with E-state index in [0.29, 0.717) is 16.3 Å². The Labute approximate surface area is 112 Å². The highest BCUT2D eigenvalue weighted by Gasteiger charge is 2.15. The fourth-order valence-corrected chi connectivity index (χ4v) is 3.10. The molecule has 0 radical (unpaired) electrons. The average Bonchev–Trinajstić information content (AvgIpc) is 2.75. The van der Waals surface area contributed by atoms with Gasteiger partial charge in [0.25, 0.3) is 0 Å². The molecular weight excluding hydrogens is 273 g/mol. The van der Waals surface area contributed by atoms with Gasteiger partial charge in [-0.2, -0.15) is 0 Å². The maximum absolute atomic E-state index is 13.8. The molecule has 0 spiro atoms. The normalized spacial score (nSPS) is 10.6. The van der Waals surface area contributed by atoms with Gasteiger partial charge in [-0.1, -0.05) is 6.07 Å². The lowest BCUT2D eigenvalue weighted by Crippen LogP contribution is -2.00. The van der Waals surface area contributed by atoms with Crippen LogP contribution in [0.4, 0.5) is 4.39 Å². The smallest absolute Gasteiger partial charge is 0.309 e. The van der Waals surface area contributed by atoms with Crippen LogP contribution in [0.25, 0.3) is 10.6 Å². The minimum Gasteiger partial charge on any atom is -0.481 e. The number of thioether (sulfide) groups is 1. The molecule has 1 aromatic heterocycles. The van der Waals surface area contributed by atoms with Crippen molar-refractivity contribution in [3.05, 3.63) is 35.1 Å². The second-order valence-corrected chi connectivity index (χ2v) is 5.24. The molecule has 2 rings (SSSR count). The van der Waals surface area contributed by atoms with Crippen LogP contribution >= 0.6 is 23.1 Å². The number of aliphatic carboxylic acids is 1. The summed E-state index contributed by atoms with van der Waals surface area (Å²) in [6.07, 6.45) is 1.73. The summed E-state index contributed by atoms with van der Waals surface area (Å²) < 4.78 is 13.8. The second kappa shape index (κ2) is 5.49. The predicted molar refractivity (Wildman–Crippen MR) is 70.6 cm³/mol. The molecule has 0 bridgehead atoms. The van der Waals surface area contributed by atoms with Gasteiger partial charge in [0.2, 0.25) is 0 Å². The highest BCUT2D eigenvalue weighted by molar-refractivity contribution is 7.98. The van der Waals surface area contributed by atoms with Gasteiger partial charge in [-0.05, 0) is 18.4 Å². The zero-order valence-corrected chi connectivity index (χ0v) is 11.1. The van der Waals surface area contributed by atoms with Crippen molar-refractivity contribution in [2.24, 2.45) is 0 Å². The fourth-order valence-electron chi connectivity index (χ4n) is 1.54. The Morgan fingerprint density at radius 3 is 3.00 bits per heavy atom. The van der Waals surface area contributed by atoms with E-state index in [0.717, 1.165) is 4.90 Å². The molecular formula is C12H10FNO2S2. The molecule has 6 heteroatoms. The van der Waals surface area contributed by atoms with Crippen molar-refractivity contribution in [1.29, 1.82) is 0 Å². The standard InChI is InChI=1S/C12H10FNO2S2/c1-17-9-4-2-3-8(13)11(9)12-14-7(6-18-12)5-10(15)16/h2-4,6H,5H2,1H3,(H,15,16). The molecule has 18 heavy (non-hydrogen) atoms. The number of carboxylic acids is 1. The van der Waals surface area contributed by atoms with Crippen LogP contribution in [0.3, 0.4) is 0 Å². The molecule has 1 heterocycles. The van der Waals surface area contributed by atoms with Gasteiger partial charge >= 0.3 is 5.97 Å². The minimum absolute atomic E-state index is 0.139. The Hall–Kier alpha value is -1.40. The molecule has 0 aliphatic rings. The quantitative estimate of drug-likeness (QED) is 0.875. The van der Waals surface area contributed by atoms with Crippen molar-refractivity contribution in [3.8, 4) is 10.6 Å². The molecule has 0 fully saturated rings. The Bertz CT molecular complexity index is 583. The lowest BCUT2D eigenvalue weighted by atomic mass is 10.2. The number of hydrogen-bond donors (Lipinski definition) is 1. The first-order valence-electron chi connectivity index (χ1n) is 5.11. The van der Waals surface area contributed by atoms with Gasteiger partial charge in [0.1, 0.15) is 10.8 Å². The van der Waals surface area contributed by atoms with Crippen molar-refractivity contribution in [3.63, 3.8) is 0 Å². The van der Waals surface area contributed by atoms with E-state index in [1.54, 1.807) is 11.4 Å². The zero-order valence-electron chi connectivity index (χ0n) is 9.51. The van der Waals surface area contributed by atoms with Crippen LogP contribution in [0.5, 0.6) is 0 Å². The van der Waals surface area contributed by atoms with Crippen molar-refractivity contribution in [1.82, 2.24) is 4.98 Å². The van der Waals surface area contributed by atoms with Crippen LogP contribution in [-0.2, 0) is 11.2 Å². The molecule has 3 nitrogen and oxygen atoms in total. The van der Waals surface area contributed by atoms with Crippen LogP contribution in [0, 0.1) is 5.82 Å². The SMILES string of the molecule is CSc1cccc(F)c1-c1nc(CC(=O)O)cs1. The predicted octanol–water partition coefficient (Wildman–Crippen LogP) is 3.30. The van der Waals surface area contributed by atoms with Gasteiger partial charge in [-0.15, -0.1) is 23.1 Å². The number of nitrogens with zero attached hydrogens (tertiary/aromatic N) is 1. The molecule has 1 aromatic carbocycles. The molecule has 0 aliphatic heterocycles. The van der Waals surface area contributed by atoms with Crippen LogP contribution in [0.15, 0.2) is 28.5 Å². The number of carboxylic acid groups (broad SMARTS) is 1. The van der Waals surface area contributed by atoms with E-state index in [1.807, 2.05) is 12.3 Å². The highest BCUT2D eigenvalue weighted by Crippen LogP contribution is 2.34. The Kier molecular flexibility index (Phi) is 3.98. The average molecular weight is 283 g/mol. The van der Waals surface area contributed by atoms with Crippen LogP contribution in [0.2, 0.25) is 0 Å². The van der Waals surface area contributed by atoms with Gasteiger partial charge in [-0.25, -0.2) is 9.37 Å². The van der Waals surface area contributed by atoms with E-state index >= 15 is 0 Å². The molecule has 0 unspecified atom stereocenters. The lowest BCUT2D eigenvalue weighted by Gasteiger charge is -2.04. The van der Waals surface area contributed by atoms with E-state index in [-0.39, 0.29) is 12.2 Å². The van der Waals surface area contributed by atoms with Gasteiger partial charge in [0, 0.05) is 10.3 Å². The third-order valence-corrected chi connectivity index (χ3v) is 3.98. The molecule has 0 aliphatic carbocycles. The lowest BCUT2D eigenvalue weighted by molar-refractivity contribution is -0.136. The summed E-state index contributed by atoms with van der Waals surface area (Å²) in [4.78, 5) is 15.6. The topological polar surface area (TPSA) is 50.2 Å². The number of aromatic nitrogens is 1. The molecule has 94 valence electrons. The number of carbonyl (C=O) groups is 1. The Balaban J connectivity index is 2.42. The zero-order chi connectivity index (χ0) is 13.1. The van der Waals surface area contributed by atoms with Gasteiger partial charge in [0.15, 0.2) is 0 Å². The number of benzene rings is 1. The van der Waals surface area contributed by atoms with E-state index < -0.39 is 5.97 Å². The summed E-state index contributed by atoms with van der Waals surface area (Å²) in [7, 11) is 0. The first-order valence-corrected chi connectivity index (χ1v) is 7.21. The van der Waals surface area contributed by atoms with E-state index in [4.69, 9.17) is 5.11 Å². The fraction of sp³-hybridized carbons (Fsp3) is 0.167. The first kappa shape index (κ1) is 13.0. The first-order chi connectivity index (χ1) is 8.61. The number of halogens is 1.